The van der Waals surface area contributed by atoms with Crippen molar-refractivity contribution in [3.05, 3.63) is 53.7 Å². The second-order valence-corrected chi connectivity index (χ2v) is 8.13. The number of piperazine rings is 1. The minimum atomic E-state index is -0.0744. The predicted octanol–water partition coefficient (Wildman–Crippen LogP) is 2.24. The highest BCUT2D eigenvalue weighted by atomic mass is 16.5. The quantitative estimate of drug-likeness (QED) is 0.770. The third-order valence-electron chi connectivity index (χ3n) is 5.55. The largest absolute Gasteiger partial charge is 0.447 e. The van der Waals surface area contributed by atoms with Crippen LogP contribution in [-0.4, -0.2) is 77.1 Å². The zero-order chi connectivity index (χ0) is 20.2. The second kappa shape index (κ2) is 9.07. The normalized spacial score (nSPS) is 24.0. The van der Waals surface area contributed by atoms with Crippen molar-refractivity contribution in [2.75, 3.05) is 39.3 Å². The van der Waals surface area contributed by atoms with E-state index in [0.29, 0.717) is 31.2 Å². The molecule has 2 aliphatic rings. The molecule has 4 rings (SSSR count). The van der Waals surface area contributed by atoms with Crippen molar-refractivity contribution in [2.24, 2.45) is 0 Å². The van der Waals surface area contributed by atoms with E-state index in [0.717, 1.165) is 32.7 Å². The molecule has 0 saturated carbocycles. The molecular weight excluding hydrogens is 368 g/mol. The Bertz CT molecular complexity index is 791. The van der Waals surface area contributed by atoms with Gasteiger partial charge < -0.3 is 14.1 Å². The van der Waals surface area contributed by atoms with E-state index in [1.54, 1.807) is 0 Å². The van der Waals surface area contributed by atoms with Crippen LogP contribution in [0.5, 0.6) is 0 Å². The first-order valence-corrected chi connectivity index (χ1v) is 10.4. The highest BCUT2D eigenvalue weighted by Gasteiger charge is 2.28. The summed E-state index contributed by atoms with van der Waals surface area (Å²) < 4.78 is 11.3. The van der Waals surface area contributed by atoms with E-state index in [-0.39, 0.29) is 18.1 Å². The van der Waals surface area contributed by atoms with E-state index in [1.165, 1.54) is 11.8 Å². The Balaban J connectivity index is 1.27. The van der Waals surface area contributed by atoms with E-state index in [1.807, 2.05) is 18.7 Å². The average Bonchev–Trinajstić information content (AvgIpc) is 3.17. The lowest BCUT2D eigenvalue weighted by Gasteiger charge is -2.34. The molecule has 0 unspecified atom stereocenters. The molecule has 0 spiro atoms. The van der Waals surface area contributed by atoms with Crippen LogP contribution in [0.2, 0.25) is 0 Å². The maximum atomic E-state index is 12.7. The van der Waals surface area contributed by atoms with Crippen LogP contribution in [0.4, 0.5) is 0 Å². The lowest BCUT2D eigenvalue weighted by atomic mass is 10.2. The molecule has 29 heavy (non-hydrogen) atoms. The fraction of sp³-hybridized carbons (Fsp3) is 0.545. The van der Waals surface area contributed by atoms with Crippen LogP contribution >= 0.6 is 0 Å². The van der Waals surface area contributed by atoms with Crippen LogP contribution in [0.15, 0.2) is 41.0 Å². The number of carbonyl (C=O) groups excluding carboxylic acids is 1. The number of amides is 1. The summed E-state index contributed by atoms with van der Waals surface area (Å²) in [6, 6.07) is 10.6. The number of ether oxygens (including phenoxy) is 1. The molecule has 3 heterocycles. The molecule has 2 atom stereocenters. The second-order valence-electron chi connectivity index (χ2n) is 8.13. The van der Waals surface area contributed by atoms with Gasteiger partial charge in [-0.1, -0.05) is 30.3 Å². The topological polar surface area (TPSA) is 62.1 Å². The molecule has 1 amide bonds. The van der Waals surface area contributed by atoms with E-state index >= 15 is 0 Å². The van der Waals surface area contributed by atoms with Crippen molar-refractivity contribution in [2.45, 2.75) is 39.1 Å². The van der Waals surface area contributed by atoms with Crippen molar-refractivity contribution in [3.63, 3.8) is 0 Å². The highest BCUT2D eigenvalue weighted by molar-refractivity contribution is 5.92. The van der Waals surface area contributed by atoms with Crippen LogP contribution in [0.1, 0.15) is 35.8 Å². The first-order valence-electron chi connectivity index (χ1n) is 10.4. The Kier molecular flexibility index (Phi) is 6.28. The van der Waals surface area contributed by atoms with Crippen molar-refractivity contribution < 1.29 is 13.9 Å². The molecule has 2 aromatic rings. The summed E-state index contributed by atoms with van der Waals surface area (Å²) in [6.07, 6.45) is 1.58. The van der Waals surface area contributed by atoms with Crippen molar-refractivity contribution >= 4 is 5.91 Å². The summed E-state index contributed by atoms with van der Waals surface area (Å²) in [5.74, 6) is 0.536. The van der Waals surface area contributed by atoms with Crippen LogP contribution in [0.3, 0.4) is 0 Å². The van der Waals surface area contributed by atoms with Gasteiger partial charge >= 0.3 is 0 Å². The lowest BCUT2D eigenvalue weighted by molar-refractivity contribution is -0.0587. The van der Waals surface area contributed by atoms with Crippen molar-refractivity contribution in [1.82, 2.24) is 19.7 Å². The Morgan fingerprint density at radius 1 is 1.00 bits per heavy atom. The molecule has 1 aromatic heterocycles. The third-order valence-corrected chi connectivity index (χ3v) is 5.55. The van der Waals surface area contributed by atoms with E-state index in [2.05, 4.69) is 45.1 Å². The fourth-order valence-corrected chi connectivity index (χ4v) is 4.13. The summed E-state index contributed by atoms with van der Waals surface area (Å²) in [5.41, 5.74) is 1.74. The number of rotatable bonds is 5. The monoisotopic (exact) mass is 398 g/mol. The summed E-state index contributed by atoms with van der Waals surface area (Å²) in [4.78, 5) is 23.8. The molecule has 1 aromatic carbocycles. The zero-order valence-electron chi connectivity index (χ0n) is 17.3. The number of aromatic nitrogens is 1. The first kappa shape index (κ1) is 20.1. The number of nitrogens with zero attached hydrogens (tertiary/aromatic N) is 4. The average molecular weight is 399 g/mol. The number of carbonyl (C=O) groups is 1. The number of hydrogen-bond acceptors (Lipinski definition) is 6. The first-order chi connectivity index (χ1) is 14.1. The van der Waals surface area contributed by atoms with Gasteiger partial charge in [0.25, 0.3) is 5.91 Å². The third kappa shape index (κ3) is 5.23. The van der Waals surface area contributed by atoms with Crippen molar-refractivity contribution in [1.29, 1.82) is 0 Å². The van der Waals surface area contributed by atoms with Gasteiger partial charge in [0.15, 0.2) is 5.69 Å². The molecule has 2 fully saturated rings. The van der Waals surface area contributed by atoms with Gasteiger partial charge in [0.1, 0.15) is 6.26 Å². The lowest BCUT2D eigenvalue weighted by Crippen LogP contribution is -2.48. The van der Waals surface area contributed by atoms with Gasteiger partial charge in [0.05, 0.1) is 18.8 Å². The molecule has 2 aliphatic heterocycles. The Morgan fingerprint density at radius 3 is 2.28 bits per heavy atom. The molecule has 7 heteroatoms. The number of morpholine rings is 1. The molecule has 7 nitrogen and oxygen atoms in total. The van der Waals surface area contributed by atoms with Crippen LogP contribution in [-0.2, 0) is 17.8 Å². The van der Waals surface area contributed by atoms with Gasteiger partial charge in [0.2, 0.25) is 5.89 Å². The summed E-state index contributed by atoms with van der Waals surface area (Å²) in [7, 11) is 0. The van der Waals surface area contributed by atoms with Crippen LogP contribution in [0.25, 0.3) is 0 Å². The minimum Gasteiger partial charge on any atom is -0.447 e. The van der Waals surface area contributed by atoms with E-state index in [9.17, 15) is 4.79 Å². The van der Waals surface area contributed by atoms with Gasteiger partial charge in [-0.3, -0.25) is 14.6 Å². The van der Waals surface area contributed by atoms with Crippen LogP contribution in [0, 0.1) is 0 Å². The molecule has 0 radical (unpaired) electrons. The molecule has 2 saturated heterocycles. The Hall–Kier alpha value is -2.22. The molecule has 0 N–H and O–H groups in total. The number of benzene rings is 1. The molecule has 0 bridgehead atoms. The molecule has 156 valence electrons. The molecular formula is C22H30N4O3. The van der Waals surface area contributed by atoms with Crippen molar-refractivity contribution in [3.8, 4) is 0 Å². The summed E-state index contributed by atoms with van der Waals surface area (Å²) in [5, 5.41) is 0. The van der Waals surface area contributed by atoms with Gasteiger partial charge in [0, 0.05) is 45.8 Å². The van der Waals surface area contributed by atoms with E-state index in [4.69, 9.17) is 9.15 Å². The van der Waals surface area contributed by atoms with Gasteiger partial charge in [-0.05, 0) is 19.4 Å². The summed E-state index contributed by atoms with van der Waals surface area (Å²) in [6.45, 7) is 10.8. The highest BCUT2D eigenvalue weighted by Crippen LogP contribution is 2.16. The van der Waals surface area contributed by atoms with Gasteiger partial charge in [-0.2, -0.15) is 0 Å². The Labute approximate surface area is 172 Å². The standard InChI is InChI=1S/C22H30N4O3/c1-17-12-26(13-18(2)29-17)22(27)20-16-28-21(23-20)15-25-10-8-24(9-11-25)14-19-6-4-3-5-7-19/h3-7,16-18H,8-15H2,1-2H3/t17-,18+. The maximum Gasteiger partial charge on any atom is 0.275 e. The SMILES string of the molecule is C[C@@H]1CN(C(=O)c2coc(CN3CCN(Cc4ccccc4)CC3)n2)C[C@H](C)O1. The predicted molar refractivity (Wildman–Crippen MR) is 109 cm³/mol. The number of hydrogen-bond donors (Lipinski definition) is 0. The van der Waals surface area contributed by atoms with Crippen LogP contribution < -0.4 is 0 Å². The summed E-state index contributed by atoms with van der Waals surface area (Å²) >= 11 is 0. The minimum absolute atomic E-state index is 0.0428. The molecule has 0 aliphatic carbocycles. The Morgan fingerprint density at radius 2 is 1.62 bits per heavy atom. The van der Waals surface area contributed by atoms with E-state index < -0.39 is 0 Å². The van der Waals surface area contributed by atoms with Gasteiger partial charge in [-0.25, -0.2) is 4.98 Å². The smallest absolute Gasteiger partial charge is 0.275 e. The zero-order valence-corrected chi connectivity index (χ0v) is 17.3. The maximum absolute atomic E-state index is 12.7. The fourth-order valence-electron chi connectivity index (χ4n) is 4.13. The number of oxazole rings is 1. The van der Waals surface area contributed by atoms with Gasteiger partial charge in [-0.15, -0.1) is 0 Å².